The molecule has 8 heavy (non-hydrogen) atoms. The summed E-state index contributed by atoms with van der Waals surface area (Å²) < 4.78 is 0. The van der Waals surface area contributed by atoms with E-state index >= 15 is 0 Å². The largest absolute Gasteiger partial charge is 0.332 e. The van der Waals surface area contributed by atoms with Crippen LogP contribution in [-0.4, -0.2) is 11.1 Å². The second-order valence-corrected chi connectivity index (χ2v) is 1.72. The molecule has 0 aromatic rings. The van der Waals surface area contributed by atoms with E-state index in [1.807, 2.05) is 0 Å². The van der Waals surface area contributed by atoms with Gasteiger partial charge in [-0.05, 0) is 6.92 Å². The van der Waals surface area contributed by atoms with Crippen molar-refractivity contribution in [2.24, 2.45) is 5.16 Å². The number of hydrogen-bond donors (Lipinski definition) is 0. The molecule has 0 spiro atoms. The Morgan fingerprint density at radius 2 is 2.12 bits per heavy atom. The minimum atomic E-state index is -0.468. The van der Waals surface area contributed by atoms with Crippen molar-refractivity contribution in [2.75, 3.05) is 0 Å². The van der Waals surface area contributed by atoms with Crippen molar-refractivity contribution < 1.29 is 9.63 Å². The van der Waals surface area contributed by atoms with Gasteiger partial charge < -0.3 is 4.84 Å². The zero-order chi connectivity index (χ0) is 6.57. The SMILES string of the molecule is CC(=O)ON=C(C)Cl. The second-order valence-electron chi connectivity index (χ2n) is 1.17. The molecular formula is C4H6ClNO2. The van der Waals surface area contributed by atoms with Gasteiger partial charge in [0.1, 0.15) is 5.17 Å². The molecule has 0 radical (unpaired) electrons. The molecule has 0 aromatic carbocycles. The summed E-state index contributed by atoms with van der Waals surface area (Å²) in [7, 11) is 0. The lowest BCUT2D eigenvalue weighted by atomic mass is 10.8. The summed E-state index contributed by atoms with van der Waals surface area (Å²) in [6.45, 7) is 2.77. The Morgan fingerprint density at radius 1 is 1.62 bits per heavy atom. The van der Waals surface area contributed by atoms with Crippen molar-refractivity contribution >= 4 is 22.7 Å². The summed E-state index contributed by atoms with van der Waals surface area (Å²) in [5.74, 6) is -0.468. The van der Waals surface area contributed by atoms with Crippen LogP contribution in [0.5, 0.6) is 0 Å². The molecule has 0 saturated carbocycles. The van der Waals surface area contributed by atoms with Crippen LogP contribution in [-0.2, 0) is 9.63 Å². The van der Waals surface area contributed by atoms with Gasteiger partial charge in [-0.15, -0.1) is 0 Å². The van der Waals surface area contributed by atoms with Gasteiger partial charge in [0, 0.05) is 6.92 Å². The van der Waals surface area contributed by atoms with Gasteiger partial charge in [-0.2, -0.15) is 0 Å². The number of hydrogen-bond acceptors (Lipinski definition) is 3. The van der Waals surface area contributed by atoms with Crippen molar-refractivity contribution in [3.8, 4) is 0 Å². The molecule has 0 aliphatic heterocycles. The highest BCUT2D eigenvalue weighted by molar-refractivity contribution is 6.64. The molecule has 0 unspecified atom stereocenters. The van der Waals surface area contributed by atoms with E-state index in [0.29, 0.717) is 0 Å². The first-order valence-corrected chi connectivity index (χ1v) is 2.38. The topological polar surface area (TPSA) is 38.7 Å². The Kier molecular flexibility index (Phi) is 3.19. The fourth-order valence-electron chi connectivity index (χ4n) is 0.127. The van der Waals surface area contributed by atoms with E-state index in [2.05, 4.69) is 9.99 Å². The molecule has 0 aliphatic rings. The molecule has 0 aliphatic carbocycles. The first kappa shape index (κ1) is 7.43. The van der Waals surface area contributed by atoms with Crippen LogP contribution in [0.25, 0.3) is 0 Å². The maximum Gasteiger partial charge on any atom is 0.332 e. The highest BCUT2D eigenvalue weighted by atomic mass is 35.5. The van der Waals surface area contributed by atoms with Crippen LogP contribution in [0, 0.1) is 0 Å². The smallest absolute Gasteiger partial charge is 0.317 e. The van der Waals surface area contributed by atoms with Crippen molar-refractivity contribution in [3.63, 3.8) is 0 Å². The Labute approximate surface area is 52.3 Å². The van der Waals surface area contributed by atoms with Crippen molar-refractivity contribution in [1.82, 2.24) is 0 Å². The first-order valence-electron chi connectivity index (χ1n) is 2.00. The molecule has 0 fully saturated rings. The summed E-state index contributed by atoms with van der Waals surface area (Å²) in [4.78, 5) is 14.1. The van der Waals surface area contributed by atoms with Gasteiger partial charge in [0.25, 0.3) is 0 Å². The number of carbonyl (C=O) groups excluding carboxylic acids is 1. The summed E-state index contributed by atoms with van der Waals surface area (Å²) in [5.41, 5.74) is 0. The summed E-state index contributed by atoms with van der Waals surface area (Å²) in [6, 6.07) is 0. The molecule has 4 heteroatoms. The summed E-state index contributed by atoms with van der Waals surface area (Å²) in [5, 5.41) is 3.37. The number of carbonyl (C=O) groups is 1. The van der Waals surface area contributed by atoms with Gasteiger partial charge in [-0.3, -0.25) is 0 Å². The Balaban J connectivity index is 3.45. The molecule has 3 nitrogen and oxygen atoms in total. The van der Waals surface area contributed by atoms with Crippen molar-refractivity contribution in [3.05, 3.63) is 0 Å². The van der Waals surface area contributed by atoms with E-state index in [-0.39, 0.29) is 5.17 Å². The monoisotopic (exact) mass is 135 g/mol. The average molecular weight is 136 g/mol. The van der Waals surface area contributed by atoms with Crippen LogP contribution < -0.4 is 0 Å². The van der Waals surface area contributed by atoms with Gasteiger partial charge in [0.2, 0.25) is 0 Å². The van der Waals surface area contributed by atoms with E-state index in [4.69, 9.17) is 11.6 Å². The lowest BCUT2D eigenvalue weighted by Gasteiger charge is -1.86. The van der Waals surface area contributed by atoms with Crippen LogP contribution in [0.1, 0.15) is 13.8 Å². The fraction of sp³-hybridized carbons (Fsp3) is 0.500. The number of rotatable bonds is 1. The Morgan fingerprint density at radius 3 is 2.25 bits per heavy atom. The predicted octanol–water partition coefficient (Wildman–Crippen LogP) is 1.12. The third-order valence-corrected chi connectivity index (χ3v) is 0.369. The third-order valence-electron chi connectivity index (χ3n) is 0.300. The minimum absolute atomic E-state index is 0.209. The van der Waals surface area contributed by atoms with Gasteiger partial charge in [-0.25, -0.2) is 4.79 Å². The maximum absolute atomic E-state index is 9.96. The third kappa shape index (κ3) is 5.43. The summed E-state index contributed by atoms with van der Waals surface area (Å²) in [6.07, 6.45) is 0. The lowest BCUT2D eigenvalue weighted by Crippen LogP contribution is -1.91. The molecule has 46 valence electrons. The molecule has 0 heterocycles. The van der Waals surface area contributed by atoms with Gasteiger partial charge in [0.05, 0.1) is 0 Å². The molecule has 0 saturated heterocycles. The highest BCUT2D eigenvalue weighted by Gasteiger charge is 1.87. The van der Waals surface area contributed by atoms with E-state index in [0.717, 1.165) is 0 Å². The molecule has 0 N–H and O–H groups in total. The minimum Gasteiger partial charge on any atom is -0.317 e. The van der Waals surface area contributed by atoms with Gasteiger partial charge in [-0.1, -0.05) is 16.8 Å². The van der Waals surface area contributed by atoms with E-state index in [9.17, 15) is 4.79 Å². The van der Waals surface area contributed by atoms with Crippen LogP contribution in [0.2, 0.25) is 0 Å². The molecule has 0 aromatic heterocycles. The van der Waals surface area contributed by atoms with Gasteiger partial charge >= 0.3 is 5.97 Å². The number of halogens is 1. The van der Waals surface area contributed by atoms with Crippen LogP contribution in [0.3, 0.4) is 0 Å². The highest BCUT2D eigenvalue weighted by Crippen LogP contribution is 1.84. The second kappa shape index (κ2) is 3.43. The standard InChI is InChI=1S/C4H6ClNO2/c1-3(5)6-8-4(2)7/h1-2H3. The molecule has 0 atom stereocenters. The van der Waals surface area contributed by atoms with Crippen LogP contribution >= 0.6 is 11.6 Å². The van der Waals surface area contributed by atoms with Crippen molar-refractivity contribution in [1.29, 1.82) is 0 Å². The van der Waals surface area contributed by atoms with Crippen LogP contribution in [0.15, 0.2) is 5.16 Å². The van der Waals surface area contributed by atoms with E-state index in [1.54, 1.807) is 0 Å². The fourth-order valence-corrected chi connectivity index (χ4v) is 0.162. The predicted molar refractivity (Wildman–Crippen MR) is 30.7 cm³/mol. The Bertz CT molecular complexity index is 117. The molecule has 0 rings (SSSR count). The normalized spacial score (nSPS) is 11.1. The molecule has 0 bridgehead atoms. The summed E-state index contributed by atoms with van der Waals surface area (Å²) >= 11 is 5.19. The maximum atomic E-state index is 9.96. The zero-order valence-electron chi connectivity index (χ0n) is 4.64. The average Bonchev–Trinajstić information content (AvgIpc) is 1.61. The van der Waals surface area contributed by atoms with E-state index in [1.165, 1.54) is 13.8 Å². The zero-order valence-corrected chi connectivity index (χ0v) is 5.40. The molecule has 0 amide bonds. The number of nitrogens with zero attached hydrogens (tertiary/aromatic N) is 1. The lowest BCUT2D eigenvalue weighted by molar-refractivity contribution is -0.140. The number of oxime groups is 1. The van der Waals surface area contributed by atoms with E-state index < -0.39 is 5.97 Å². The van der Waals surface area contributed by atoms with Crippen LogP contribution in [0.4, 0.5) is 0 Å². The Hall–Kier alpha value is -0.570. The molecular weight excluding hydrogens is 130 g/mol. The quantitative estimate of drug-likeness (QED) is 0.307. The van der Waals surface area contributed by atoms with Crippen molar-refractivity contribution in [2.45, 2.75) is 13.8 Å². The van der Waals surface area contributed by atoms with Gasteiger partial charge in [0.15, 0.2) is 0 Å². The first-order chi connectivity index (χ1) is 3.63.